The first-order valence-electron chi connectivity index (χ1n) is 10.6. The molecule has 3 amide bonds. The molecule has 1 aliphatic heterocycles. The molecule has 33 heavy (non-hydrogen) atoms. The summed E-state index contributed by atoms with van der Waals surface area (Å²) in [6.45, 7) is 1.20. The SMILES string of the molecule is COc1ccc(-c2cc(C(=O)Nc3cccc(N4CCNC4=O)c3)c3ccccc3n2)cc1. The van der Waals surface area contributed by atoms with Crippen molar-refractivity contribution in [1.82, 2.24) is 10.3 Å². The lowest BCUT2D eigenvalue weighted by molar-refractivity contribution is 0.102. The van der Waals surface area contributed by atoms with E-state index < -0.39 is 0 Å². The maximum atomic E-state index is 13.4. The first kappa shape index (κ1) is 20.5. The van der Waals surface area contributed by atoms with Gasteiger partial charge in [0.25, 0.3) is 5.91 Å². The van der Waals surface area contributed by atoms with Gasteiger partial charge in [-0.25, -0.2) is 9.78 Å². The third-order valence-electron chi connectivity index (χ3n) is 5.62. The van der Waals surface area contributed by atoms with E-state index in [9.17, 15) is 9.59 Å². The van der Waals surface area contributed by atoms with Crippen LogP contribution >= 0.6 is 0 Å². The second kappa shape index (κ2) is 8.63. The van der Waals surface area contributed by atoms with Crippen LogP contribution < -0.4 is 20.3 Å². The molecule has 5 rings (SSSR count). The van der Waals surface area contributed by atoms with E-state index in [2.05, 4.69) is 10.6 Å². The van der Waals surface area contributed by atoms with Gasteiger partial charge in [0.05, 0.1) is 23.9 Å². The fourth-order valence-corrected chi connectivity index (χ4v) is 3.94. The van der Waals surface area contributed by atoms with Crippen LogP contribution in [0.15, 0.2) is 78.9 Å². The molecule has 7 nitrogen and oxygen atoms in total. The number of fused-ring (bicyclic) bond motifs is 1. The van der Waals surface area contributed by atoms with Crippen LogP contribution in [0.5, 0.6) is 5.75 Å². The van der Waals surface area contributed by atoms with Gasteiger partial charge in [0.15, 0.2) is 0 Å². The summed E-state index contributed by atoms with van der Waals surface area (Å²) in [5.74, 6) is 0.510. The minimum absolute atomic E-state index is 0.136. The molecule has 0 bridgehead atoms. The molecule has 3 aromatic carbocycles. The number of benzene rings is 3. The highest BCUT2D eigenvalue weighted by Crippen LogP contribution is 2.28. The Balaban J connectivity index is 1.50. The molecule has 1 aliphatic rings. The van der Waals surface area contributed by atoms with Crippen molar-refractivity contribution < 1.29 is 14.3 Å². The number of hydrogen-bond acceptors (Lipinski definition) is 4. The number of ether oxygens (including phenoxy) is 1. The molecule has 1 aromatic heterocycles. The van der Waals surface area contributed by atoms with E-state index in [0.29, 0.717) is 30.0 Å². The van der Waals surface area contributed by atoms with Gasteiger partial charge in [-0.3, -0.25) is 9.69 Å². The van der Waals surface area contributed by atoms with Crippen LogP contribution in [0.1, 0.15) is 10.4 Å². The molecule has 0 unspecified atom stereocenters. The van der Waals surface area contributed by atoms with Gasteiger partial charge in [-0.2, -0.15) is 0 Å². The van der Waals surface area contributed by atoms with Gasteiger partial charge in [-0.05, 0) is 54.6 Å². The molecular formula is C26H22N4O3. The zero-order valence-electron chi connectivity index (χ0n) is 18.0. The Bertz CT molecular complexity index is 1350. The molecule has 0 aliphatic carbocycles. The van der Waals surface area contributed by atoms with Gasteiger partial charge >= 0.3 is 6.03 Å². The second-order valence-corrected chi connectivity index (χ2v) is 7.69. The third kappa shape index (κ3) is 4.08. The Kier molecular flexibility index (Phi) is 5.36. The van der Waals surface area contributed by atoms with Crippen LogP contribution in [-0.4, -0.2) is 37.1 Å². The van der Waals surface area contributed by atoms with Crippen LogP contribution in [0.2, 0.25) is 0 Å². The summed E-state index contributed by atoms with van der Waals surface area (Å²) in [4.78, 5) is 31.8. The molecule has 1 saturated heterocycles. The molecule has 0 atom stereocenters. The van der Waals surface area contributed by atoms with Crippen LogP contribution in [0.25, 0.3) is 22.2 Å². The van der Waals surface area contributed by atoms with Crippen LogP contribution in [0, 0.1) is 0 Å². The van der Waals surface area contributed by atoms with Crippen molar-refractivity contribution in [3.63, 3.8) is 0 Å². The number of nitrogens with one attached hydrogen (secondary N) is 2. The summed E-state index contributed by atoms with van der Waals surface area (Å²) in [7, 11) is 1.62. The number of aromatic nitrogens is 1. The zero-order valence-corrected chi connectivity index (χ0v) is 18.0. The number of nitrogens with zero attached hydrogens (tertiary/aromatic N) is 2. The number of methoxy groups -OCH3 is 1. The predicted octanol–water partition coefficient (Wildman–Crippen LogP) is 4.69. The average molecular weight is 438 g/mol. The van der Waals surface area contributed by atoms with E-state index in [1.54, 1.807) is 24.1 Å². The van der Waals surface area contributed by atoms with E-state index >= 15 is 0 Å². The van der Waals surface area contributed by atoms with Gasteiger partial charge in [-0.1, -0.05) is 24.3 Å². The number of hydrogen-bond donors (Lipinski definition) is 2. The first-order valence-corrected chi connectivity index (χ1v) is 10.6. The lowest BCUT2D eigenvalue weighted by Crippen LogP contribution is -2.27. The highest BCUT2D eigenvalue weighted by molar-refractivity contribution is 6.13. The fourth-order valence-electron chi connectivity index (χ4n) is 3.94. The number of urea groups is 1. The van der Waals surface area contributed by atoms with Gasteiger partial charge < -0.3 is 15.4 Å². The summed E-state index contributed by atoms with van der Waals surface area (Å²) < 4.78 is 5.24. The maximum absolute atomic E-state index is 13.4. The Morgan fingerprint density at radius 3 is 2.61 bits per heavy atom. The van der Waals surface area contributed by atoms with E-state index in [4.69, 9.17) is 9.72 Å². The maximum Gasteiger partial charge on any atom is 0.321 e. The second-order valence-electron chi connectivity index (χ2n) is 7.69. The topological polar surface area (TPSA) is 83.6 Å². The Hall–Kier alpha value is -4.39. The highest BCUT2D eigenvalue weighted by Gasteiger charge is 2.21. The lowest BCUT2D eigenvalue weighted by atomic mass is 10.0. The molecule has 0 saturated carbocycles. The normalized spacial score (nSPS) is 13.1. The monoisotopic (exact) mass is 438 g/mol. The number of carbonyl (C=O) groups is 2. The van der Waals surface area contributed by atoms with Crippen molar-refractivity contribution in [3.05, 3.63) is 84.4 Å². The Morgan fingerprint density at radius 2 is 1.85 bits per heavy atom. The molecule has 1 fully saturated rings. The van der Waals surface area contributed by atoms with Gasteiger partial charge in [0, 0.05) is 35.4 Å². The van der Waals surface area contributed by atoms with E-state index in [0.717, 1.165) is 27.9 Å². The third-order valence-corrected chi connectivity index (χ3v) is 5.62. The number of carbonyl (C=O) groups excluding carboxylic acids is 2. The highest BCUT2D eigenvalue weighted by atomic mass is 16.5. The number of pyridine rings is 1. The fraction of sp³-hybridized carbons (Fsp3) is 0.115. The minimum Gasteiger partial charge on any atom is -0.497 e. The average Bonchev–Trinajstić information content (AvgIpc) is 3.29. The van der Waals surface area contributed by atoms with Crippen LogP contribution in [-0.2, 0) is 0 Å². The molecule has 2 heterocycles. The molecule has 2 N–H and O–H groups in total. The molecule has 164 valence electrons. The largest absolute Gasteiger partial charge is 0.497 e. The van der Waals surface area contributed by atoms with Crippen LogP contribution in [0.4, 0.5) is 16.2 Å². The summed E-state index contributed by atoms with van der Waals surface area (Å²) >= 11 is 0. The predicted molar refractivity (Wildman–Crippen MR) is 129 cm³/mol. The standard InChI is InChI=1S/C26H22N4O3/c1-33-20-11-9-17(10-12-20)24-16-22(21-7-2-3-8-23(21)29-24)25(31)28-18-5-4-6-19(15-18)30-14-13-27-26(30)32/h2-12,15-16H,13-14H2,1H3,(H,27,32)(H,28,31). The first-order chi connectivity index (χ1) is 16.1. The van der Waals surface area contributed by atoms with Gasteiger partial charge in [-0.15, -0.1) is 0 Å². The summed E-state index contributed by atoms with van der Waals surface area (Å²) in [6, 6.07) is 24.1. The summed E-state index contributed by atoms with van der Waals surface area (Å²) in [5, 5.41) is 6.54. The zero-order chi connectivity index (χ0) is 22.8. The molecule has 0 spiro atoms. The number of para-hydroxylation sites is 1. The minimum atomic E-state index is -0.244. The van der Waals surface area contributed by atoms with Crippen molar-refractivity contribution in [1.29, 1.82) is 0 Å². The quantitative estimate of drug-likeness (QED) is 0.473. The van der Waals surface area contributed by atoms with E-state index in [-0.39, 0.29) is 11.9 Å². The van der Waals surface area contributed by atoms with E-state index in [1.165, 1.54) is 0 Å². The van der Waals surface area contributed by atoms with Crippen molar-refractivity contribution in [2.75, 3.05) is 30.4 Å². The summed E-state index contributed by atoms with van der Waals surface area (Å²) in [5.41, 5.74) is 4.20. The molecule has 7 heteroatoms. The van der Waals surface area contributed by atoms with Gasteiger partial charge in [0.2, 0.25) is 0 Å². The van der Waals surface area contributed by atoms with Crippen LogP contribution in [0.3, 0.4) is 0 Å². The molecule has 4 aromatic rings. The molecule has 0 radical (unpaired) electrons. The lowest BCUT2D eigenvalue weighted by Gasteiger charge is -2.16. The smallest absolute Gasteiger partial charge is 0.321 e. The number of rotatable bonds is 5. The van der Waals surface area contributed by atoms with Crippen molar-refractivity contribution in [3.8, 4) is 17.0 Å². The van der Waals surface area contributed by atoms with Crippen molar-refractivity contribution in [2.45, 2.75) is 0 Å². The Morgan fingerprint density at radius 1 is 1.03 bits per heavy atom. The van der Waals surface area contributed by atoms with Crippen molar-refractivity contribution >= 4 is 34.2 Å². The van der Waals surface area contributed by atoms with Crippen molar-refractivity contribution in [2.24, 2.45) is 0 Å². The van der Waals surface area contributed by atoms with E-state index in [1.807, 2.05) is 66.7 Å². The number of amides is 3. The molecular weight excluding hydrogens is 416 g/mol. The van der Waals surface area contributed by atoms with Gasteiger partial charge in [0.1, 0.15) is 5.75 Å². The Labute approximate surface area is 191 Å². The number of anilines is 2. The summed E-state index contributed by atoms with van der Waals surface area (Å²) in [6.07, 6.45) is 0.